The third-order valence-electron chi connectivity index (χ3n) is 2.67. The molecule has 0 fully saturated rings. The summed E-state index contributed by atoms with van der Waals surface area (Å²) in [6, 6.07) is 11.5. The molecule has 0 unspecified atom stereocenters. The lowest BCUT2D eigenvalue weighted by Crippen LogP contribution is -2.13. The van der Waals surface area contributed by atoms with Crippen LogP contribution in [-0.2, 0) is 0 Å². The van der Waals surface area contributed by atoms with Crippen LogP contribution in [0.1, 0.15) is 10.4 Å². The van der Waals surface area contributed by atoms with E-state index in [1.807, 2.05) is 24.3 Å². The molecule has 0 aliphatic heterocycles. The van der Waals surface area contributed by atoms with Crippen molar-refractivity contribution >= 4 is 39.3 Å². The Balaban J connectivity index is 2.21. The molecule has 0 saturated heterocycles. The van der Waals surface area contributed by atoms with Gasteiger partial charge in [-0.2, -0.15) is 0 Å². The molecule has 21 heavy (non-hydrogen) atoms. The summed E-state index contributed by atoms with van der Waals surface area (Å²) < 4.78 is 13.5. The molecule has 0 saturated carbocycles. The van der Waals surface area contributed by atoms with Crippen molar-refractivity contribution in [1.29, 1.82) is 0 Å². The van der Waals surface area contributed by atoms with Gasteiger partial charge in [0.05, 0.1) is 11.3 Å². The Morgan fingerprint density at radius 3 is 2.81 bits per heavy atom. The number of halogens is 2. The SMILES string of the molecule is C=CCSc1ccccc1NC(=O)c1ccc(F)cc1Br. The number of amides is 1. The number of hydrogen-bond donors (Lipinski definition) is 1. The monoisotopic (exact) mass is 365 g/mol. The molecule has 0 heterocycles. The van der Waals surface area contributed by atoms with Crippen LogP contribution in [0, 0.1) is 5.82 Å². The topological polar surface area (TPSA) is 29.1 Å². The number of carbonyl (C=O) groups excluding carboxylic acids is 1. The molecule has 2 rings (SSSR count). The molecule has 0 radical (unpaired) electrons. The maximum absolute atomic E-state index is 13.1. The maximum atomic E-state index is 13.1. The second kappa shape index (κ2) is 7.43. The number of hydrogen-bond acceptors (Lipinski definition) is 2. The summed E-state index contributed by atoms with van der Waals surface area (Å²) in [5, 5.41) is 2.85. The van der Waals surface area contributed by atoms with E-state index < -0.39 is 0 Å². The maximum Gasteiger partial charge on any atom is 0.256 e. The third-order valence-corrected chi connectivity index (χ3v) is 4.39. The molecule has 0 atom stereocenters. The van der Waals surface area contributed by atoms with E-state index in [0.717, 1.165) is 16.3 Å². The highest BCUT2D eigenvalue weighted by Gasteiger charge is 2.12. The van der Waals surface area contributed by atoms with E-state index in [9.17, 15) is 9.18 Å². The van der Waals surface area contributed by atoms with Gasteiger partial charge in [0, 0.05) is 15.1 Å². The molecule has 1 amide bonds. The van der Waals surface area contributed by atoms with Crippen molar-refractivity contribution in [2.24, 2.45) is 0 Å². The first-order valence-corrected chi connectivity index (χ1v) is 7.99. The van der Waals surface area contributed by atoms with Gasteiger partial charge in [-0.3, -0.25) is 4.79 Å². The lowest BCUT2D eigenvalue weighted by Gasteiger charge is -2.11. The van der Waals surface area contributed by atoms with E-state index in [1.165, 1.54) is 18.2 Å². The molecule has 1 N–H and O–H groups in total. The van der Waals surface area contributed by atoms with Gasteiger partial charge >= 0.3 is 0 Å². The Kier molecular flexibility index (Phi) is 5.59. The fourth-order valence-electron chi connectivity index (χ4n) is 1.71. The van der Waals surface area contributed by atoms with E-state index in [4.69, 9.17) is 0 Å². The highest BCUT2D eigenvalue weighted by atomic mass is 79.9. The quantitative estimate of drug-likeness (QED) is 0.588. The van der Waals surface area contributed by atoms with Crippen molar-refractivity contribution in [2.45, 2.75) is 4.90 Å². The molecule has 0 bridgehead atoms. The van der Waals surface area contributed by atoms with Crippen LogP contribution < -0.4 is 5.32 Å². The molecule has 5 heteroatoms. The van der Waals surface area contributed by atoms with E-state index >= 15 is 0 Å². The van der Waals surface area contributed by atoms with E-state index in [2.05, 4.69) is 27.8 Å². The number of anilines is 1. The number of carbonyl (C=O) groups is 1. The van der Waals surface area contributed by atoms with E-state index in [0.29, 0.717) is 10.0 Å². The van der Waals surface area contributed by atoms with Crippen molar-refractivity contribution in [1.82, 2.24) is 0 Å². The molecular formula is C16H13BrFNOS. The lowest BCUT2D eigenvalue weighted by atomic mass is 10.2. The molecule has 108 valence electrons. The number of nitrogens with one attached hydrogen (secondary N) is 1. The van der Waals surface area contributed by atoms with Crippen LogP contribution in [0.3, 0.4) is 0 Å². The Bertz CT molecular complexity index is 675. The van der Waals surface area contributed by atoms with Crippen molar-refractivity contribution < 1.29 is 9.18 Å². The summed E-state index contributed by atoms with van der Waals surface area (Å²) in [6.45, 7) is 3.68. The summed E-state index contributed by atoms with van der Waals surface area (Å²) in [5.74, 6) is 0.0847. The largest absolute Gasteiger partial charge is 0.321 e. The van der Waals surface area contributed by atoms with Crippen LogP contribution in [0.25, 0.3) is 0 Å². The first-order chi connectivity index (χ1) is 10.1. The van der Waals surface area contributed by atoms with Crippen LogP contribution in [-0.4, -0.2) is 11.7 Å². The van der Waals surface area contributed by atoms with Gasteiger partial charge in [-0.05, 0) is 46.3 Å². The van der Waals surface area contributed by atoms with Crippen LogP contribution in [0.5, 0.6) is 0 Å². The zero-order valence-corrected chi connectivity index (χ0v) is 13.5. The molecule has 0 aliphatic rings. The highest BCUT2D eigenvalue weighted by Crippen LogP contribution is 2.28. The van der Waals surface area contributed by atoms with Crippen LogP contribution in [0.4, 0.5) is 10.1 Å². The predicted molar refractivity (Wildman–Crippen MR) is 89.4 cm³/mol. The summed E-state index contributed by atoms with van der Waals surface area (Å²) in [7, 11) is 0. The number of benzene rings is 2. The van der Waals surface area contributed by atoms with Gasteiger partial charge < -0.3 is 5.32 Å². The first kappa shape index (κ1) is 15.8. The van der Waals surface area contributed by atoms with Gasteiger partial charge in [0.15, 0.2) is 0 Å². The summed E-state index contributed by atoms with van der Waals surface area (Å²) in [4.78, 5) is 13.2. The Hall–Kier alpha value is -1.59. The molecule has 0 spiro atoms. The average molecular weight is 366 g/mol. The van der Waals surface area contributed by atoms with Gasteiger partial charge in [-0.25, -0.2) is 4.39 Å². The molecular weight excluding hydrogens is 353 g/mol. The van der Waals surface area contributed by atoms with Crippen molar-refractivity contribution in [3.05, 3.63) is 71.0 Å². The molecule has 2 aromatic rings. The minimum absolute atomic E-state index is 0.284. The van der Waals surface area contributed by atoms with E-state index in [1.54, 1.807) is 17.8 Å². The van der Waals surface area contributed by atoms with Crippen molar-refractivity contribution in [3.63, 3.8) is 0 Å². The molecule has 0 aliphatic carbocycles. The lowest BCUT2D eigenvalue weighted by molar-refractivity contribution is 0.102. The van der Waals surface area contributed by atoms with Crippen LogP contribution in [0.15, 0.2) is 64.5 Å². The van der Waals surface area contributed by atoms with Crippen molar-refractivity contribution in [2.75, 3.05) is 11.1 Å². The molecule has 0 aromatic heterocycles. The minimum Gasteiger partial charge on any atom is -0.321 e. The van der Waals surface area contributed by atoms with Gasteiger partial charge in [-0.15, -0.1) is 18.3 Å². The first-order valence-electron chi connectivity index (χ1n) is 6.21. The van der Waals surface area contributed by atoms with Crippen LogP contribution >= 0.6 is 27.7 Å². The van der Waals surface area contributed by atoms with Gasteiger partial charge in [-0.1, -0.05) is 18.2 Å². The van der Waals surface area contributed by atoms with Crippen LogP contribution in [0.2, 0.25) is 0 Å². The normalized spacial score (nSPS) is 10.2. The standard InChI is InChI=1S/C16H13BrFNOS/c1-2-9-21-15-6-4-3-5-14(15)19-16(20)12-8-7-11(18)10-13(12)17/h2-8,10H,1,9H2,(H,19,20). The van der Waals surface area contributed by atoms with Gasteiger partial charge in [0.25, 0.3) is 5.91 Å². The van der Waals surface area contributed by atoms with E-state index in [-0.39, 0.29) is 11.7 Å². The fraction of sp³-hybridized carbons (Fsp3) is 0.0625. The Morgan fingerprint density at radius 2 is 2.10 bits per heavy atom. The smallest absolute Gasteiger partial charge is 0.256 e. The predicted octanol–water partition coefficient (Wildman–Crippen LogP) is 5.12. The number of rotatable bonds is 5. The minimum atomic E-state index is -0.389. The fourth-order valence-corrected chi connectivity index (χ4v) is 2.99. The molecule has 2 nitrogen and oxygen atoms in total. The Morgan fingerprint density at radius 1 is 1.33 bits per heavy atom. The van der Waals surface area contributed by atoms with Gasteiger partial charge in [0.1, 0.15) is 5.82 Å². The Labute approximate surface area is 135 Å². The number of thioether (sulfide) groups is 1. The summed E-state index contributed by atoms with van der Waals surface area (Å²) >= 11 is 4.79. The van der Waals surface area contributed by atoms with Crippen molar-refractivity contribution in [3.8, 4) is 0 Å². The summed E-state index contributed by atoms with van der Waals surface area (Å²) in [5.41, 5.74) is 1.12. The average Bonchev–Trinajstić information content (AvgIpc) is 2.46. The summed E-state index contributed by atoms with van der Waals surface area (Å²) in [6.07, 6.45) is 1.81. The number of para-hydroxylation sites is 1. The second-order valence-electron chi connectivity index (χ2n) is 4.17. The van der Waals surface area contributed by atoms with Gasteiger partial charge in [0.2, 0.25) is 0 Å². The molecule has 2 aromatic carbocycles. The highest BCUT2D eigenvalue weighted by molar-refractivity contribution is 9.10. The second-order valence-corrected chi connectivity index (χ2v) is 6.09. The zero-order valence-electron chi connectivity index (χ0n) is 11.1. The zero-order chi connectivity index (χ0) is 15.2. The third kappa shape index (κ3) is 4.19.